The minimum Gasteiger partial charge on any atom is -0.411 e. The molecule has 0 atom stereocenters. The molecule has 0 amide bonds. The Balaban J connectivity index is 3.23. The summed E-state index contributed by atoms with van der Waals surface area (Å²) >= 11 is 5.26. The molecule has 1 rings (SSSR count). The summed E-state index contributed by atoms with van der Waals surface area (Å²) in [6.07, 6.45) is 0.786. The average Bonchev–Trinajstić information content (AvgIpc) is 2.01. The van der Waals surface area contributed by atoms with Gasteiger partial charge >= 0.3 is 0 Å². The number of nitrogens with zero attached hydrogens (tertiary/aromatic N) is 1. The number of benzene rings is 1. The number of hydrogen-bond donors (Lipinski definition) is 1. The first-order valence-corrected chi connectivity index (χ1v) is 3.35. The molecule has 0 fully saturated rings. The highest BCUT2D eigenvalue weighted by molar-refractivity contribution is 6.30. The number of oxime groups is 1. The van der Waals surface area contributed by atoms with E-state index in [4.69, 9.17) is 16.8 Å². The summed E-state index contributed by atoms with van der Waals surface area (Å²) in [7, 11) is 0. The second-order valence-corrected chi connectivity index (χ2v) is 2.44. The quantitative estimate of drug-likeness (QED) is 0.314. The van der Waals surface area contributed by atoms with Gasteiger partial charge in [0.25, 0.3) is 0 Å². The zero-order chi connectivity index (χ0) is 9.14. The molecule has 0 aliphatic carbocycles. The largest absolute Gasteiger partial charge is 0.411 e. The average molecular weight is 192 g/mol. The zero-order valence-corrected chi connectivity index (χ0v) is 6.52. The van der Waals surface area contributed by atoms with Gasteiger partial charge in [0.05, 0.1) is 11.2 Å². The molecule has 0 aromatic heterocycles. The molecule has 1 aromatic rings. The molecule has 0 saturated heterocycles. The van der Waals surface area contributed by atoms with Gasteiger partial charge in [-0.15, -0.1) is 0 Å². The van der Waals surface area contributed by atoms with Gasteiger partial charge in [-0.3, -0.25) is 0 Å². The third-order valence-corrected chi connectivity index (χ3v) is 1.53. The van der Waals surface area contributed by atoms with Crippen LogP contribution >= 0.6 is 11.6 Å². The molecule has 0 spiro atoms. The number of halogens is 3. The minimum absolute atomic E-state index is 0.153. The fourth-order valence-electron chi connectivity index (χ4n) is 0.699. The lowest BCUT2D eigenvalue weighted by atomic mass is 10.2. The van der Waals surface area contributed by atoms with E-state index >= 15 is 0 Å². The molecule has 0 unspecified atom stereocenters. The van der Waals surface area contributed by atoms with Gasteiger partial charge in [0, 0.05) is 5.56 Å². The van der Waals surface area contributed by atoms with Crippen molar-refractivity contribution in [1.29, 1.82) is 0 Å². The van der Waals surface area contributed by atoms with Crippen LogP contribution in [-0.4, -0.2) is 11.4 Å². The lowest BCUT2D eigenvalue weighted by Crippen LogP contribution is -1.90. The molecule has 0 bridgehead atoms. The van der Waals surface area contributed by atoms with Gasteiger partial charge in [0.1, 0.15) is 11.6 Å². The summed E-state index contributed by atoms with van der Waals surface area (Å²) in [5.74, 6) is -1.49. The smallest absolute Gasteiger partial charge is 0.142 e. The van der Waals surface area contributed by atoms with Crippen LogP contribution in [0.3, 0.4) is 0 Å². The summed E-state index contributed by atoms with van der Waals surface area (Å²) in [4.78, 5) is 0. The van der Waals surface area contributed by atoms with E-state index in [1.807, 2.05) is 0 Å². The Morgan fingerprint density at radius 1 is 1.33 bits per heavy atom. The van der Waals surface area contributed by atoms with Crippen molar-refractivity contribution < 1.29 is 14.0 Å². The Labute approximate surface area is 72.1 Å². The zero-order valence-electron chi connectivity index (χ0n) is 5.76. The summed E-state index contributed by atoms with van der Waals surface area (Å²) < 4.78 is 25.4. The molecular weight excluding hydrogens is 188 g/mol. The van der Waals surface area contributed by atoms with Gasteiger partial charge in [0.2, 0.25) is 0 Å². The Hall–Kier alpha value is -1.16. The van der Waals surface area contributed by atoms with Crippen LogP contribution in [0.4, 0.5) is 8.78 Å². The van der Waals surface area contributed by atoms with Crippen LogP contribution in [0.25, 0.3) is 0 Å². The Morgan fingerprint density at radius 2 is 2.00 bits per heavy atom. The maximum absolute atomic E-state index is 12.8. The normalized spacial score (nSPS) is 10.9. The molecular formula is C7H4ClF2NO. The van der Waals surface area contributed by atoms with Gasteiger partial charge in [-0.1, -0.05) is 16.8 Å². The van der Waals surface area contributed by atoms with Crippen LogP contribution < -0.4 is 0 Å². The fraction of sp³-hybridized carbons (Fsp3) is 0. The van der Waals surface area contributed by atoms with Crippen LogP contribution in [0.5, 0.6) is 0 Å². The number of hydrogen-bond acceptors (Lipinski definition) is 2. The van der Waals surface area contributed by atoms with Crippen LogP contribution in [0.15, 0.2) is 17.3 Å². The van der Waals surface area contributed by atoms with E-state index in [-0.39, 0.29) is 10.6 Å². The van der Waals surface area contributed by atoms with Gasteiger partial charge in [-0.25, -0.2) is 8.78 Å². The molecule has 5 heteroatoms. The Kier molecular flexibility index (Phi) is 2.60. The second kappa shape index (κ2) is 3.49. The molecule has 0 saturated carbocycles. The van der Waals surface area contributed by atoms with Gasteiger partial charge in [-0.05, 0) is 12.1 Å². The van der Waals surface area contributed by atoms with Gasteiger partial charge < -0.3 is 5.21 Å². The maximum atomic E-state index is 12.8. The van der Waals surface area contributed by atoms with Crippen LogP contribution in [0.1, 0.15) is 5.56 Å². The lowest BCUT2D eigenvalue weighted by Gasteiger charge is -1.97. The topological polar surface area (TPSA) is 32.6 Å². The molecule has 0 radical (unpaired) electrons. The van der Waals surface area contributed by atoms with Crippen LogP contribution in [0, 0.1) is 11.6 Å². The molecule has 64 valence electrons. The Morgan fingerprint density at radius 3 is 2.58 bits per heavy atom. The highest BCUT2D eigenvalue weighted by atomic mass is 35.5. The van der Waals surface area contributed by atoms with E-state index in [0.717, 1.165) is 18.3 Å². The third kappa shape index (κ3) is 1.71. The molecule has 0 heterocycles. The third-order valence-electron chi connectivity index (χ3n) is 1.24. The summed E-state index contributed by atoms with van der Waals surface area (Å²) in [5, 5.41) is 10.3. The van der Waals surface area contributed by atoms with Gasteiger partial charge in [-0.2, -0.15) is 0 Å². The SMILES string of the molecule is O/N=C/c1cc(F)c(Cl)cc1F. The van der Waals surface area contributed by atoms with Crippen molar-refractivity contribution in [3.05, 3.63) is 34.4 Å². The van der Waals surface area contributed by atoms with E-state index in [0.29, 0.717) is 0 Å². The predicted octanol–water partition coefficient (Wildman–Crippen LogP) is 2.43. The van der Waals surface area contributed by atoms with E-state index in [2.05, 4.69) is 5.16 Å². The first kappa shape index (κ1) is 8.93. The van der Waals surface area contributed by atoms with Crippen molar-refractivity contribution in [3.63, 3.8) is 0 Å². The molecule has 0 aliphatic heterocycles. The summed E-state index contributed by atoms with van der Waals surface area (Å²) in [5.41, 5.74) is -0.153. The monoisotopic (exact) mass is 191 g/mol. The first-order valence-electron chi connectivity index (χ1n) is 2.97. The first-order chi connectivity index (χ1) is 5.65. The summed E-state index contributed by atoms with van der Waals surface area (Å²) in [6, 6.07) is 1.66. The molecule has 12 heavy (non-hydrogen) atoms. The molecule has 1 aromatic carbocycles. The molecule has 2 nitrogen and oxygen atoms in total. The Bertz CT molecular complexity index is 327. The van der Waals surface area contributed by atoms with Crippen molar-refractivity contribution >= 4 is 17.8 Å². The van der Waals surface area contributed by atoms with Crippen molar-refractivity contribution in [2.24, 2.45) is 5.16 Å². The predicted molar refractivity (Wildman–Crippen MR) is 40.7 cm³/mol. The minimum atomic E-state index is -0.757. The fourth-order valence-corrected chi connectivity index (χ4v) is 0.849. The van der Waals surface area contributed by atoms with E-state index < -0.39 is 11.6 Å². The van der Waals surface area contributed by atoms with Crippen molar-refractivity contribution in [2.75, 3.05) is 0 Å². The van der Waals surface area contributed by atoms with E-state index in [1.165, 1.54) is 0 Å². The van der Waals surface area contributed by atoms with Crippen LogP contribution in [0.2, 0.25) is 5.02 Å². The van der Waals surface area contributed by atoms with Crippen molar-refractivity contribution in [1.82, 2.24) is 0 Å². The second-order valence-electron chi connectivity index (χ2n) is 2.03. The molecule has 1 N–H and O–H groups in total. The van der Waals surface area contributed by atoms with E-state index in [1.54, 1.807) is 0 Å². The lowest BCUT2D eigenvalue weighted by molar-refractivity contribution is 0.321. The highest BCUT2D eigenvalue weighted by Crippen LogP contribution is 2.17. The standard InChI is InChI=1S/C7H4ClF2NO/c8-5-2-6(9)4(3-11-12)1-7(5)10/h1-3,12H/b11-3+. The maximum Gasteiger partial charge on any atom is 0.142 e. The van der Waals surface area contributed by atoms with Crippen molar-refractivity contribution in [3.8, 4) is 0 Å². The number of rotatable bonds is 1. The van der Waals surface area contributed by atoms with E-state index in [9.17, 15) is 8.78 Å². The highest BCUT2D eigenvalue weighted by Gasteiger charge is 2.06. The molecule has 0 aliphatic rings. The van der Waals surface area contributed by atoms with Gasteiger partial charge in [0.15, 0.2) is 0 Å². The van der Waals surface area contributed by atoms with Crippen molar-refractivity contribution in [2.45, 2.75) is 0 Å². The van der Waals surface area contributed by atoms with Crippen LogP contribution in [-0.2, 0) is 0 Å². The summed E-state index contributed by atoms with van der Waals surface area (Å²) in [6.45, 7) is 0.